The molecule has 3 N–H and O–H groups in total. The summed E-state index contributed by atoms with van der Waals surface area (Å²) in [6, 6.07) is 11.4. The molecule has 0 aliphatic carbocycles. The largest absolute Gasteiger partial charge is 0.355 e. The van der Waals surface area contributed by atoms with Crippen molar-refractivity contribution in [3.05, 3.63) is 85.7 Å². The standard InChI is InChI=1S/C17H12ClN7O5/c18-12-3-1-2-4-13(12)21-15-14(25(29)30)16(20-9-19-15)22-23-17(26)10-5-7-11(8-6-10)24(27)28/h1-9H,(H,23,26)(H2,19,20,21,22). The van der Waals surface area contributed by atoms with E-state index in [4.69, 9.17) is 11.6 Å². The number of hydrogen-bond donors (Lipinski definition) is 3. The van der Waals surface area contributed by atoms with Crippen molar-refractivity contribution in [3.63, 3.8) is 0 Å². The summed E-state index contributed by atoms with van der Waals surface area (Å²) in [4.78, 5) is 40.8. The average molecular weight is 430 g/mol. The van der Waals surface area contributed by atoms with Crippen LogP contribution in [0.4, 0.5) is 28.7 Å². The highest BCUT2D eigenvalue weighted by Gasteiger charge is 2.24. The molecule has 13 heteroatoms. The Bertz CT molecular complexity index is 1120. The van der Waals surface area contributed by atoms with Gasteiger partial charge in [-0.05, 0) is 24.3 Å². The molecule has 1 amide bonds. The monoisotopic (exact) mass is 429 g/mol. The molecular weight excluding hydrogens is 418 g/mol. The van der Waals surface area contributed by atoms with Gasteiger partial charge in [-0.15, -0.1) is 0 Å². The van der Waals surface area contributed by atoms with Crippen molar-refractivity contribution in [1.82, 2.24) is 15.4 Å². The van der Waals surface area contributed by atoms with Gasteiger partial charge in [0.25, 0.3) is 11.6 Å². The summed E-state index contributed by atoms with van der Waals surface area (Å²) in [7, 11) is 0. The van der Waals surface area contributed by atoms with Crippen LogP contribution >= 0.6 is 11.6 Å². The lowest BCUT2D eigenvalue weighted by atomic mass is 10.2. The van der Waals surface area contributed by atoms with Gasteiger partial charge in [-0.3, -0.25) is 35.9 Å². The Labute approximate surface area is 173 Å². The minimum atomic E-state index is -0.723. The van der Waals surface area contributed by atoms with E-state index in [1.165, 1.54) is 12.1 Å². The van der Waals surface area contributed by atoms with Crippen molar-refractivity contribution >= 4 is 46.2 Å². The third-order valence-corrected chi connectivity index (χ3v) is 4.10. The number of aromatic nitrogens is 2. The summed E-state index contributed by atoms with van der Waals surface area (Å²) in [5, 5.41) is 25.3. The van der Waals surface area contributed by atoms with Crippen molar-refractivity contribution < 1.29 is 14.6 Å². The average Bonchev–Trinajstić information content (AvgIpc) is 2.73. The molecule has 3 rings (SSSR count). The molecule has 1 aromatic heterocycles. The summed E-state index contributed by atoms with van der Waals surface area (Å²) in [5.74, 6) is -1.10. The fraction of sp³-hybridized carbons (Fsp3) is 0. The molecule has 30 heavy (non-hydrogen) atoms. The van der Waals surface area contributed by atoms with Gasteiger partial charge in [-0.1, -0.05) is 23.7 Å². The Kier molecular flexibility index (Phi) is 5.98. The number of para-hydroxylation sites is 1. The number of carbonyl (C=O) groups is 1. The van der Waals surface area contributed by atoms with Crippen LogP contribution in [0.2, 0.25) is 5.02 Å². The van der Waals surface area contributed by atoms with E-state index in [9.17, 15) is 25.0 Å². The topological polar surface area (TPSA) is 165 Å². The van der Waals surface area contributed by atoms with Crippen molar-refractivity contribution in [2.45, 2.75) is 0 Å². The molecule has 0 aliphatic heterocycles. The molecule has 0 aliphatic rings. The predicted molar refractivity (Wildman–Crippen MR) is 108 cm³/mol. The summed E-state index contributed by atoms with van der Waals surface area (Å²) >= 11 is 6.06. The van der Waals surface area contributed by atoms with Gasteiger partial charge >= 0.3 is 5.69 Å². The number of hydrogen-bond acceptors (Lipinski definition) is 9. The first kappa shape index (κ1) is 20.4. The highest BCUT2D eigenvalue weighted by atomic mass is 35.5. The zero-order valence-corrected chi connectivity index (χ0v) is 15.7. The van der Waals surface area contributed by atoms with E-state index in [0.717, 1.165) is 18.5 Å². The fourth-order valence-corrected chi connectivity index (χ4v) is 2.53. The Morgan fingerprint density at radius 3 is 2.23 bits per heavy atom. The highest BCUT2D eigenvalue weighted by Crippen LogP contribution is 2.32. The maximum Gasteiger partial charge on any atom is 0.355 e. The van der Waals surface area contributed by atoms with Crippen molar-refractivity contribution in [2.24, 2.45) is 0 Å². The van der Waals surface area contributed by atoms with Gasteiger partial charge in [0.1, 0.15) is 6.33 Å². The minimum Gasteiger partial charge on any atom is -0.333 e. The molecule has 0 radical (unpaired) electrons. The number of hydrazine groups is 1. The normalized spacial score (nSPS) is 10.2. The molecule has 2 aromatic carbocycles. The van der Waals surface area contributed by atoms with E-state index in [2.05, 4.69) is 26.1 Å². The summed E-state index contributed by atoms with van der Waals surface area (Å²) in [6.45, 7) is 0. The Morgan fingerprint density at radius 2 is 1.60 bits per heavy atom. The number of anilines is 3. The molecule has 0 unspecified atom stereocenters. The number of nitrogens with zero attached hydrogens (tertiary/aromatic N) is 4. The predicted octanol–water partition coefficient (Wildman–Crippen LogP) is 3.45. The van der Waals surface area contributed by atoms with E-state index in [1.54, 1.807) is 24.3 Å². The third-order valence-electron chi connectivity index (χ3n) is 3.77. The van der Waals surface area contributed by atoms with E-state index < -0.39 is 21.4 Å². The number of benzene rings is 2. The molecule has 0 fully saturated rings. The number of nitro groups is 2. The summed E-state index contributed by atoms with van der Waals surface area (Å²) in [5.41, 5.74) is 4.41. The maximum atomic E-state index is 12.2. The van der Waals surface area contributed by atoms with Crippen LogP contribution in [0.1, 0.15) is 10.4 Å². The molecular formula is C17H12ClN7O5. The summed E-state index contributed by atoms with van der Waals surface area (Å²) in [6.07, 6.45) is 1.06. The number of rotatable bonds is 7. The van der Waals surface area contributed by atoms with Crippen molar-refractivity contribution in [3.8, 4) is 0 Å². The van der Waals surface area contributed by atoms with Gasteiger partial charge in [0.05, 0.1) is 20.6 Å². The molecule has 152 valence electrons. The lowest BCUT2D eigenvalue weighted by molar-refractivity contribution is -0.384. The van der Waals surface area contributed by atoms with Gasteiger partial charge in [-0.25, -0.2) is 9.97 Å². The lowest BCUT2D eigenvalue weighted by Crippen LogP contribution is -2.30. The SMILES string of the molecule is O=C(NNc1ncnc(Nc2ccccc2Cl)c1[N+](=O)[O-])c1ccc([N+](=O)[O-])cc1. The molecule has 0 bridgehead atoms. The molecule has 0 spiro atoms. The Balaban J connectivity index is 1.80. The lowest BCUT2D eigenvalue weighted by Gasteiger charge is -2.11. The zero-order chi connectivity index (χ0) is 21.7. The summed E-state index contributed by atoms with van der Waals surface area (Å²) < 4.78 is 0. The first-order valence-corrected chi connectivity index (χ1v) is 8.56. The van der Waals surface area contributed by atoms with Crippen LogP contribution in [0.5, 0.6) is 0 Å². The van der Waals surface area contributed by atoms with Crippen LogP contribution in [0, 0.1) is 20.2 Å². The van der Waals surface area contributed by atoms with Crippen LogP contribution in [0.25, 0.3) is 0 Å². The van der Waals surface area contributed by atoms with E-state index >= 15 is 0 Å². The Hall–Kier alpha value is -4.32. The van der Waals surface area contributed by atoms with E-state index in [-0.39, 0.29) is 22.9 Å². The van der Waals surface area contributed by atoms with Crippen LogP contribution in [0.3, 0.4) is 0 Å². The first-order valence-electron chi connectivity index (χ1n) is 8.18. The smallest absolute Gasteiger partial charge is 0.333 e. The number of carbonyl (C=O) groups excluding carboxylic acids is 1. The zero-order valence-electron chi connectivity index (χ0n) is 14.9. The van der Waals surface area contributed by atoms with Crippen molar-refractivity contribution in [2.75, 3.05) is 10.7 Å². The quantitative estimate of drug-likeness (QED) is 0.376. The van der Waals surface area contributed by atoms with Crippen LogP contribution < -0.4 is 16.2 Å². The molecule has 0 saturated carbocycles. The number of nitro benzene ring substituents is 1. The van der Waals surface area contributed by atoms with E-state index in [1.807, 2.05) is 0 Å². The van der Waals surface area contributed by atoms with Crippen molar-refractivity contribution in [1.29, 1.82) is 0 Å². The van der Waals surface area contributed by atoms with E-state index in [0.29, 0.717) is 10.7 Å². The van der Waals surface area contributed by atoms with Gasteiger partial charge < -0.3 is 5.32 Å². The number of non-ortho nitro benzene ring substituents is 1. The number of halogens is 1. The van der Waals surface area contributed by atoms with Crippen LogP contribution in [-0.4, -0.2) is 25.7 Å². The maximum absolute atomic E-state index is 12.2. The molecule has 0 atom stereocenters. The minimum absolute atomic E-state index is 0.0965. The number of nitrogens with one attached hydrogen (secondary N) is 3. The Morgan fingerprint density at radius 1 is 0.933 bits per heavy atom. The van der Waals surface area contributed by atoms with Gasteiger partial charge in [0, 0.05) is 17.7 Å². The highest BCUT2D eigenvalue weighted by molar-refractivity contribution is 6.33. The van der Waals surface area contributed by atoms with Gasteiger partial charge in [-0.2, -0.15) is 0 Å². The van der Waals surface area contributed by atoms with Crippen LogP contribution in [-0.2, 0) is 0 Å². The molecule has 1 heterocycles. The fourth-order valence-electron chi connectivity index (χ4n) is 2.35. The van der Waals surface area contributed by atoms with Gasteiger partial charge in [0.2, 0.25) is 11.6 Å². The number of amides is 1. The second-order valence-corrected chi connectivity index (χ2v) is 6.07. The molecule has 12 nitrogen and oxygen atoms in total. The molecule has 0 saturated heterocycles. The van der Waals surface area contributed by atoms with Gasteiger partial charge in [0.15, 0.2) is 0 Å². The second-order valence-electron chi connectivity index (χ2n) is 5.66. The first-order chi connectivity index (χ1) is 14.4. The third kappa shape index (κ3) is 4.56. The molecule has 3 aromatic rings. The van der Waals surface area contributed by atoms with Crippen LogP contribution in [0.15, 0.2) is 54.9 Å². The second kappa shape index (κ2) is 8.79.